The molecular formula is C27H21N9O11S3. The number of β-lactam (4-membered cyclic amide) rings is 1. The topological polar surface area (TPSA) is 305 Å². The van der Waals surface area contributed by atoms with Crippen molar-refractivity contribution >= 4 is 81.2 Å². The molecule has 1 fully saturated rings. The third kappa shape index (κ3) is 6.30. The van der Waals surface area contributed by atoms with Crippen LogP contribution in [0.2, 0.25) is 0 Å². The number of aromatic nitrogens is 5. The second-order valence-corrected chi connectivity index (χ2v) is 13.2. The predicted molar refractivity (Wildman–Crippen MR) is 173 cm³/mol. The number of carbonyl (C=O) groups excluding carboxylic acids is 2. The number of anilines is 1. The second kappa shape index (κ2) is 13.5. The van der Waals surface area contributed by atoms with Crippen LogP contribution in [0.4, 0.5) is 5.13 Å². The van der Waals surface area contributed by atoms with Crippen molar-refractivity contribution < 1.29 is 54.3 Å². The van der Waals surface area contributed by atoms with E-state index in [0.29, 0.717) is 10.6 Å². The van der Waals surface area contributed by atoms with Crippen molar-refractivity contribution in [1.29, 1.82) is 0 Å². The van der Waals surface area contributed by atoms with Crippen LogP contribution in [-0.2, 0) is 25.8 Å². The number of hydrogen-bond acceptors (Lipinski definition) is 17. The first-order valence-electron chi connectivity index (χ1n) is 13.8. The Morgan fingerprint density at radius 3 is 2.54 bits per heavy atom. The molecule has 1 saturated heterocycles. The molecule has 8 N–H and O–H groups in total. The average Bonchev–Trinajstić information content (AvgIpc) is 3.74. The molecule has 0 bridgehead atoms. The van der Waals surface area contributed by atoms with Crippen LogP contribution in [0.1, 0.15) is 32.1 Å². The van der Waals surface area contributed by atoms with E-state index in [9.17, 15) is 44.4 Å². The Labute approximate surface area is 290 Å². The number of nitrogens with zero attached hydrogens (tertiary/aromatic N) is 7. The number of carbonyl (C=O) groups is 5. The molecule has 20 nitrogen and oxygen atoms in total. The van der Waals surface area contributed by atoms with Gasteiger partial charge in [0.05, 0.1) is 0 Å². The third-order valence-electron chi connectivity index (χ3n) is 7.19. The van der Waals surface area contributed by atoms with Gasteiger partial charge in [-0.05, 0) is 11.6 Å². The number of nitrogens with two attached hydrogens (primary N) is 1. The molecule has 6 rings (SSSR count). The highest BCUT2D eigenvalue weighted by Crippen LogP contribution is 2.42. The van der Waals surface area contributed by atoms with Crippen molar-refractivity contribution in [1.82, 2.24) is 34.8 Å². The number of phenolic OH excluding ortho intramolecular Hbond substituents is 1. The van der Waals surface area contributed by atoms with E-state index < -0.39 is 70.5 Å². The number of benzene rings is 1. The molecule has 0 aliphatic carbocycles. The number of nitrogen functional groups attached to an aromatic ring is 1. The molecule has 23 heteroatoms. The van der Waals surface area contributed by atoms with Crippen LogP contribution in [0.5, 0.6) is 11.5 Å². The maximum atomic E-state index is 13.4. The summed E-state index contributed by atoms with van der Waals surface area (Å²) in [6, 6.07) is 2.32. The Balaban J connectivity index is 1.18. The number of aromatic carboxylic acids is 2. The van der Waals surface area contributed by atoms with Crippen LogP contribution >= 0.6 is 34.9 Å². The maximum Gasteiger partial charge on any atom is 0.354 e. The van der Waals surface area contributed by atoms with Crippen molar-refractivity contribution in [3.8, 4) is 11.5 Å². The van der Waals surface area contributed by atoms with E-state index in [2.05, 4.69) is 30.5 Å². The van der Waals surface area contributed by atoms with Gasteiger partial charge >= 0.3 is 17.9 Å². The lowest BCUT2D eigenvalue weighted by Crippen LogP contribution is -2.71. The van der Waals surface area contributed by atoms with Crippen LogP contribution in [0.25, 0.3) is 5.78 Å². The SMILES string of the molecule is Nc1nc(C(=NOCc2ccc(C(=O)O)c(O)c2O)C(=O)N[C@@H]2C(=O)N3C(C(=O)O)=C(CSc4cc(C(=O)O)nc5ncnn45)CS[C@H]23)cs1. The fourth-order valence-electron chi connectivity index (χ4n) is 4.84. The highest BCUT2D eigenvalue weighted by molar-refractivity contribution is 8.01. The van der Waals surface area contributed by atoms with Crippen LogP contribution < -0.4 is 11.1 Å². The number of rotatable bonds is 12. The van der Waals surface area contributed by atoms with Gasteiger partial charge in [-0.2, -0.15) is 14.6 Å². The van der Waals surface area contributed by atoms with Crippen LogP contribution in [-0.4, -0.2) is 113 Å². The summed E-state index contributed by atoms with van der Waals surface area (Å²) in [5.74, 6) is -7.21. The van der Waals surface area contributed by atoms with Gasteiger partial charge in [-0.15, -0.1) is 34.9 Å². The molecule has 2 amide bonds. The van der Waals surface area contributed by atoms with Gasteiger partial charge in [0, 0.05) is 28.5 Å². The number of carboxylic acids is 3. The monoisotopic (exact) mass is 743 g/mol. The predicted octanol–water partition coefficient (Wildman–Crippen LogP) is 0.422. The first-order valence-corrected chi connectivity index (χ1v) is 16.7. The summed E-state index contributed by atoms with van der Waals surface area (Å²) < 4.78 is 1.30. The van der Waals surface area contributed by atoms with E-state index in [1.807, 2.05) is 0 Å². The van der Waals surface area contributed by atoms with Gasteiger partial charge in [-0.1, -0.05) is 11.2 Å². The molecule has 0 spiro atoms. The van der Waals surface area contributed by atoms with E-state index in [-0.39, 0.29) is 45.1 Å². The second-order valence-electron chi connectivity index (χ2n) is 10.2. The Kier molecular flexibility index (Phi) is 9.18. The highest BCUT2D eigenvalue weighted by Gasteiger charge is 2.54. The molecule has 3 aromatic heterocycles. The molecule has 1 aromatic carbocycles. The van der Waals surface area contributed by atoms with E-state index in [0.717, 1.165) is 34.1 Å². The smallest absolute Gasteiger partial charge is 0.354 e. The Morgan fingerprint density at radius 1 is 1.08 bits per heavy atom. The van der Waals surface area contributed by atoms with Crippen LogP contribution in [0.15, 0.2) is 51.4 Å². The summed E-state index contributed by atoms with van der Waals surface area (Å²) in [7, 11) is 0. The summed E-state index contributed by atoms with van der Waals surface area (Å²) in [5.41, 5.74) is 4.49. The number of oxime groups is 1. The molecule has 2 aliphatic rings. The minimum absolute atomic E-state index is 0.0210. The number of phenols is 2. The lowest BCUT2D eigenvalue weighted by Gasteiger charge is -2.49. The van der Waals surface area contributed by atoms with Gasteiger partial charge in [0.2, 0.25) is 0 Å². The zero-order valence-corrected chi connectivity index (χ0v) is 27.2. The summed E-state index contributed by atoms with van der Waals surface area (Å²) in [4.78, 5) is 80.0. The fourth-order valence-corrected chi connectivity index (χ4v) is 7.87. The number of fused-ring (bicyclic) bond motifs is 2. The summed E-state index contributed by atoms with van der Waals surface area (Å²) in [5, 5.41) is 60.1. The van der Waals surface area contributed by atoms with E-state index in [1.54, 1.807) is 0 Å². The number of hydrogen-bond donors (Lipinski definition) is 7. The number of aromatic hydroxyl groups is 2. The number of amides is 2. The van der Waals surface area contributed by atoms with E-state index in [4.69, 9.17) is 15.7 Å². The fraction of sp³-hybridized carbons (Fsp3) is 0.185. The number of nitrogens with one attached hydrogen (secondary N) is 1. The number of thiazole rings is 1. The Hall–Kier alpha value is -5.94. The van der Waals surface area contributed by atoms with Gasteiger partial charge in [0.25, 0.3) is 17.6 Å². The van der Waals surface area contributed by atoms with E-state index >= 15 is 0 Å². The molecule has 0 saturated carbocycles. The lowest BCUT2D eigenvalue weighted by atomic mass is 10.0. The summed E-state index contributed by atoms with van der Waals surface area (Å²) >= 11 is 3.26. The van der Waals surface area contributed by atoms with Gasteiger partial charge in [0.1, 0.15) is 46.3 Å². The van der Waals surface area contributed by atoms with Crippen molar-refractivity contribution in [3.63, 3.8) is 0 Å². The zero-order chi connectivity index (χ0) is 35.9. The van der Waals surface area contributed by atoms with Crippen molar-refractivity contribution in [2.75, 3.05) is 17.2 Å². The van der Waals surface area contributed by atoms with Crippen molar-refractivity contribution in [2.24, 2.45) is 5.16 Å². The van der Waals surface area contributed by atoms with Gasteiger partial charge in [-0.25, -0.2) is 24.4 Å². The number of aliphatic carboxylic acids is 1. The molecule has 0 radical (unpaired) electrons. The average molecular weight is 744 g/mol. The molecule has 4 aromatic rings. The van der Waals surface area contributed by atoms with Gasteiger partial charge in [0.15, 0.2) is 28.0 Å². The van der Waals surface area contributed by atoms with E-state index in [1.165, 1.54) is 40.1 Å². The van der Waals surface area contributed by atoms with Crippen molar-refractivity contribution in [2.45, 2.75) is 23.0 Å². The largest absolute Gasteiger partial charge is 0.504 e. The molecule has 0 unspecified atom stereocenters. The standard InChI is InChI=1S/C27H21N9O11S3/c28-26-31-13(7-50-26)15(34-47-4-9-1-2-11(23(41)42)19(38)18(9)37)20(39)33-16-21(40)35-17(25(45)46)10(6-49-22(16)35)5-48-14-3-12(24(43)44)32-27-29-8-30-36(14)27/h1-3,7-8,16,22,37-38H,4-6H2,(H2,28,31)(H,33,39)(H,41,42)(H,43,44)(H,45,46)/t16-,22-/m1/s1. The first kappa shape index (κ1) is 33.9. The minimum Gasteiger partial charge on any atom is -0.504 e. The van der Waals surface area contributed by atoms with Crippen molar-refractivity contribution in [3.05, 3.63) is 63.7 Å². The quantitative estimate of drug-likeness (QED) is 0.0258. The maximum absolute atomic E-state index is 13.4. The normalized spacial score (nSPS) is 17.3. The molecule has 2 aliphatic heterocycles. The van der Waals surface area contributed by atoms with Gasteiger partial charge < -0.3 is 41.4 Å². The summed E-state index contributed by atoms with van der Waals surface area (Å²) in [6.07, 6.45) is 1.19. The number of carboxylic acid groups (broad SMARTS) is 3. The lowest BCUT2D eigenvalue weighted by molar-refractivity contribution is -0.150. The number of thioether (sulfide) groups is 2. The molecule has 258 valence electrons. The highest BCUT2D eigenvalue weighted by atomic mass is 32.2. The molecule has 2 atom stereocenters. The summed E-state index contributed by atoms with van der Waals surface area (Å²) in [6.45, 7) is -0.516. The van der Waals surface area contributed by atoms with Crippen LogP contribution in [0.3, 0.4) is 0 Å². The van der Waals surface area contributed by atoms with Crippen LogP contribution in [0, 0.1) is 0 Å². The molecular weight excluding hydrogens is 723 g/mol. The first-order chi connectivity index (χ1) is 23.8. The Morgan fingerprint density at radius 2 is 1.86 bits per heavy atom. The molecule has 50 heavy (non-hydrogen) atoms. The van der Waals surface area contributed by atoms with Gasteiger partial charge in [-0.3, -0.25) is 14.5 Å². The molecule has 5 heterocycles. The zero-order valence-electron chi connectivity index (χ0n) is 24.8. The third-order valence-corrected chi connectivity index (χ3v) is 10.3. The minimum atomic E-state index is -1.47. The Bertz CT molecular complexity index is 2170.